The lowest BCUT2D eigenvalue weighted by Crippen LogP contribution is -2.17. The van der Waals surface area contributed by atoms with E-state index >= 15 is 0 Å². The highest BCUT2D eigenvalue weighted by Crippen LogP contribution is 2.21. The standard InChI is InChI=1S/C17H22N2O3S/c1-4-22-12(2)16-18-15(11-23-16)10-19(3)9-13-5-7-14(8-6-13)17(20)21/h5-8,11-12H,4,9-10H2,1-3H3,(H,20,21). The number of carboxylic acids is 1. The molecule has 124 valence electrons. The van der Waals surface area contributed by atoms with Gasteiger partial charge in [0.05, 0.1) is 11.3 Å². The lowest BCUT2D eigenvalue weighted by molar-refractivity contribution is 0.0696. The number of carboxylic acid groups (broad SMARTS) is 1. The molecular formula is C17H22N2O3S. The van der Waals surface area contributed by atoms with Crippen LogP contribution in [0.1, 0.15) is 46.6 Å². The molecule has 1 heterocycles. The minimum Gasteiger partial charge on any atom is -0.478 e. The van der Waals surface area contributed by atoms with Crippen LogP contribution in [-0.2, 0) is 17.8 Å². The van der Waals surface area contributed by atoms with Crippen molar-refractivity contribution in [2.75, 3.05) is 13.7 Å². The smallest absolute Gasteiger partial charge is 0.335 e. The van der Waals surface area contributed by atoms with Gasteiger partial charge in [-0.1, -0.05) is 12.1 Å². The molecule has 23 heavy (non-hydrogen) atoms. The maximum absolute atomic E-state index is 10.9. The number of ether oxygens (including phenoxy) is 1. The fourth-order valence-corrected chi connectivity index (χ4v) is 3.11. The quantitative estimate of drug-likeness (QED) is 0.799. The molecule has 1 N–H and O–H groups in total. The highest BCUT2D eigenvalue weighted by molar-refractivity contribution is 7.09. The number of hydrogen-bond acceptors (Lipinski definition) is 5. The van der Waals surface area contributed by atoms with Crippen LogP contribution in [0.15, 0.2) is 29.6 Å². The molecule has 6 heteroatoms. The lowest BCUT2D eigenvalue weighted by Gasteiger charge is -2.15. The normalized spacial score (nSPS) is 12.5. The molecule has 0 amide bonds. The van der Waals surface area contributed by atoms with Crippen molar-refractivity contribution in [3.63, 3.8) is 0 Å². The van der Waals surface area contributed by atoms with Crippen LogP contribution < -0.4 is 0 Å². The Balaban J connectivity index is 1.91. The Morgan fingerprint density at radius 2 is 2.04 bits per heavy atom. The van der Waals surface area contributed by atoms with E-state index in [4.69, 9.17) is 9.84 Å². The Bertz CT molecular complexity index is 640. The van der Waals surface area contributed by atoms with E-state index in [0.717, 1.165) is 29.4 Å². The minimum atomic E-state index is -0.900. The van der Waals surface area contributed by atoms with E-state index in [1.54, 1.807) is 23.5 Å². The molecule has 5 nitrogen and oxygen atoms in total. The number of hydrogen-bond donors (Lipinski definition) is 1. The van der Waals surface area contributed by atoms with Crippen LogP contribution in [0, 0.1) is 0 Å². The molecule has 0 radical (unpaired) electrons. The molecular weight excluding hydrogens is 312 g/mol. The van der Waals surface area contributed by atoms with Crippen molar-refractivity contribution in [1.82, 2.24) is 9.88 Å². The van der Waals surface area contributed by atoms with Crippen molar-refractivity contribution in [3.8, 4) is 0 Å². The summed E-state index contributed by atoms with van der Waals surface area (Å²) >= 11 is 1.62. The summed E-state index contributed by atoms with van der Waals surface area (Å²) in [5.41, 5.74) is 2.42. The maximum atomic E-state index is 10.9. The molecule has 0 bridgehead atoms. The number of thiazole rings is 1. The molecule has 1 atom stereocenters. The first-order valence-electron chi connectivity index (χ1n) is 7.56. The van der Waals surface area contributed by atoms with E-state index in [-0.39, 0.29) is 6.10 Å². The first-order chi connectivity index (χ1) is 11.0. The van der Waals surface area contributed by atoms with E-state index in [0.29, 0.717) is 12.2 Å². The largest absolute Gasteiger partial charge is 0.478 e. The molecule has 0 aliphatic rings. The van der Waals surface area contributed by atoms with Crippen molar-refractivity contribution in [2.24, 2.45) is 0 Å². The fourth-order valence-electron chi connectivity index (χ4n) is 2.30. The van der Waals surface area contributed by atoms with Crippen molar-refractivity contribution < 1.29 is 14.6 Å². The molecule has 2 aromatic rings. The number of aromatic carboxylic acids is 1. The van der Waals surface area contributed by atoms with Gasteiger partial charge in [-0.25, -0.2) is 9.78 Å². The molecule has 1 unspecified atom stereocenters. The maximum Gasteiger partial charge on any atom is 0.335 e. The predicted molar refractivity (Wildman–Crippen MR) is 90.7 cm³/mol. The number of rotatable bonds is 8. The third-order valence-corrected chi connectivity index (χ3v) is 4.47. The number of nitrogens with zero attached hydrogens (tertiary/aromatic N) is 2. The van der Waals surface area contributed by atoms with E-state index in [1.807, 2.05) is 33.0 Å². The topological polar surface area (TPSA) is 62.7 Å². The number of carbonyl (C=O) groups is 1. The van der Waals surface area contributed by atoms with Crippen LogP contribution in [0.2, 0.25) is 0 Å². The van der Waals surface area contributed by atoms with Crippen molar-refractivity contribution in [1.29, 1.82) is 0 Å². The zero-order valence-corrected chi connectivity index (χ0v) is 14.5. The third-order valence-electron chi connectivity index (χ3n) is 3.42. The van der Waals surface area contributed by atoms with Gasteiger partial charge in [0.25, 0.3) is 0 Å². The summed E-state index contributed by atoms with van der Waals surface area (Å²) in [4.78, 5) is 17.6. The summed E-state index contributed by atoms with van der Waals surface area (Å²) in [5.74, 6) is -0.900. The van der Waals surface area contributed by atoms with Gasteiger partial charge in [0, 0.05) is 25.1 Å². The van der Waals surface area contributed by atoms with Gasteiger partial charge in [-0.2, -0.15) is 0 Å². The Labute approximate surface area is 140 Å². The SMILES string of the molecule is CCOC(C)c1nc(CN(C)Cc2ccc(C(=O)O)cc2)cs1. The zero-order chi connectivity index (χ0) is 16.8. The molecule has 1 aromatic carbocycles. The fraction of sp³-hybridized carbons (Fsp3) is 0.412. The summed E-state index contributed by atoms with van der Waals surface area (Å²) in [7, 11) is 2.02. The first-order valence-corrected chi connectivity index (χ1v) is 8.44. The van der Waals surface area contributed by atoms with E-state index in [2.05, 4.69) is 15.3 Å². The van der Waals surface area contributed by atoms with Crippen LogP contribution in [0.25, 0.3) is 0 Å². The van der Waals surface area contributed by atoms with Gasteiger partial charge < -0.3 is 9.84 Å². The average molecular weight is 334 g/mol. The second kappa shape index (κ2) is 8.19. The van der Waals surface area contributed by atoms with Crippen molar-refractivity contribution in [3.05, 3.63) is 51.5 Å². The van der Waals surface area contributed by atoms with Gasteiger partial charge in [-0.05, 0) is 38.6 Å². The molecule has 0 saturated carbocycles. The first kappa shape index (κ1) is 17.6. The summed E-state index contributed by atoms with van der Waals surface area (Å²) in [5, 5.41) is 12.0. The van der Waals surface area contributed by atoms with E-state index < -0.39 is 5.97 Å². The Morgan fingerprint density at radius 1 is 1.35 bits per heavy atom. The molecule has 0 saturated heterocycles. The van der Waals surface area contributed by atoms with E-state index in [9.17, 15) is 4.79 Å². The minimum absolute atomic E-state index is 0.0348. The van der Waals surface area contributed by atoms with Gasteiger partial charge in [0.15, 0.2) is 0 Å². The molecule has 0 aliphatic carbocycles. The van der Waals surface area contributed by atoms with Crippen LogP contribution in [0.4, 0.5) is 0 Å². The number of aromatic nitrogens is 1. The number of benzene rings is 1. The van der Waals surface area contributed by atoms with Crippen molar-refractivity contribution >= 4 is 17.3 Å². The molecule has 0 aliphatic heterocycles. The Kier molecular flexibility index (Phi) is 6.27. The zero-order valence-electron chi connectivity index (χ0n) is 13.7. The monoisotopic (exact) mass is 334 g/mol. The molecule has 0 fully saturated rings. The van der Waals surface area contributed by atoms with Crippen LogP contribution in [-0.4, -0.2) is 34.6 Å². The molecule has 2 rings (SSSR count). The Hall–Kier alpha value is -1.76. The third kappa shape index (κ3) is 5.13. The molecule has 1 aromatic heterocycles. The summed E-state index contributed by atoms with van der Waals surface area (Å²) < 4.78 is 5.56. The van der Waals surface area contributed by atoms with Crippen LogP contribution in [0.3, 0.4) is 0 Å². The summed E-state index contributed by atoms with van der Waals surface area (Å²) in [6, 6.07) is 6.97. The highest BCUT2D eigenvalue weighted by atomic mass is 32.1. The predicted octanol–water partition coefficient (Wildman–Crippen LogP) is 3.57. The average Bonchev–Trinajstić information content (AvgIpc) is 2.96. The molecule has 0 spiro atoms. The van der Waals surface area contributed by atoms with Crippen molar-refractivity contribution in [2.45, 2.75) is 33.0 Å². The second-order valence-electron chi connectivity index (χ2n) is 5.45. The summed E-state index contributed by atoms with van der Waals surface area (Å²) in [6.07, 6.45) is 0.0348. The van der Waals surface area contributed by atoms with Crippen LogP contribution >= 0.6 is 11.3 Å². The lowest BCUT2D eigenvalue weighted by atomic mass is 10.1. The summed E-state index contributed by atoms with van der Waals surface area (Å²) in [6.45, 7) is 6.17. The highest BCUT2D eigenvalue weighted by Gasteiger charge is 2.12. The van der Waals surface area contributed by atoms with E-state index in [1.165, 1.54) is 0 Å². The van der Waals surface area contributed by atoms with Gasteiger partial charge in [0.1, 0.15) is 11.1 Å². The van der Waals surface area contributed by atoms with Crippen LogP contribution in [0.5, 0.6) is 0 Å². The van der Waals surface area contributed by atoms with Gasteiger partial charge >= 0.3 is 5.97 Å². The Morgan fingerprint density at radius 3 is 2.65 bits per heavy atom. The second-order valence-corrected chi connectivity index (χ2v) is 6.34. The van der Waals surface area contributed by atoms with Gasteiger partial charge in [0.2, 0.25) is 0 Å². The van der Waals surface area contributed by atoms with Gasteiger partial charge in [-0.3, -0.25) is 4.90 Å². The van der Waals surface area contributed by atoms with Gasteiger partial charge in [-0.15, -0.1) is 11.3 Å².